The minimum Gasteiger partial charge on any atom is -0.497 e. The van der Waals surface area contributed by atoms with Crippen molar-refractivity contribution in [3.05, 3.63) is 83.6 Å². The Morgan fingerprint density at radius 1 is 0.944 bits per heavy atom. The molecule has 0 radical (unpaired) electrons. The first-order valence-corrected chi connectivity index (χ1v) is 11.9. The van der Waals surface area contributed by atoms with E-state index in [1.807, 2.05) is 42.5 Å². The molecule has 3 aliphatic heterocycles. The molecule has 3 aromatic carbocycles. The van der Waals surface area contributed by atoms with Gasteiger partial charge in [0.15, 0.2) is 11.5 Å². The van der Waals surface area contributed by atoms with Gasteiger partial charge in [-0.1, -0.05) is 30.3 Å². The van der Waals surface area contributed by atoms with Gasteiger partial charge in [-0.25, -0.2) is 9.69 Å². The van der Waals surface area contributed by atoms with E-state index in [2.05, 4.69) is 11.1 Å². The number of methoxy groups -OCH3 is 1. The maximum atomic E-state index is 14.0. The van der Waals surface area contributed by atoms with Gasteiger partial charge < -0.3 is 19.2 Å². The van der Waals surface area contributed by atoms with Gasteiger partial charge in [-0.05, 0) is 41.5 Å². The summed E-state index contributed by atoms with van der Waals surface area (Å²) in [5.74, 6) is 1.63. The highest BCUT2D eigenvalue weighted by Crippen LogP contribution is 2.46. The molecule has 4 aromatic rings. The molecule has 0 spiro atoms. The Bertz CT molecular complexity index is 1530. The molecule has 3 amide bonds. The van der Waals surface area contributed by atoms with Gasteiger partial charge in [-0.3, -0.25) is 9.69 Å². The van der Waals surface area contributed by atoms with Gasteiger partial charge in [0.1, 0.15) is 31.0 Å². The van der Waals surface area contributed by atoms with Crippen LogP contribution in [0.2, 0.25) is 0 Å². The van der Waals surface area contributed by atoms with E-state index in [1.54, 1.807) is 30.2 Å². The lowest BCUT2D eigenvalue weighted by molar-refractivity contribution is -0.120. The Labute approximate surface area is 207 Å². The number of para-hydroxylation sites is 1. The standard InChI is InChI=1S/C28H23N3O5/c1-34-18-9-6-16(7-10-18)26-25-20(19-4-2-3-5-21(19)29-25)15-22-27(32)30(28(33)31(22)26)17-8-11-23-24(14-17)36-13-12-35-23/h2-11,14,22,26,29H,12-13,15H2,1H3/t22-,26+/m0/s1. The fourth-order valence-electron chi connectivity index (χ4n) is 5.62. The minimum absolute atomic E-state index is 0.244. The summed E-state index contributed by atoms with van der Waals surface area (Å²) in [5.41, 5.74) is 4.37. The van der Waals surface area contributed by atoms with Crippen LogP contribution >= 0.6 is 0 Å². The molecule has 0 aliphatic carbocycles. The lowest BCUT2D eigenvalue weighted by Gasteiger charge is -2.36. The molecular weight excluding hydrogens is 458 g/mol. The number of aromatic nitrogens is 1. The summed E-state index contributed by atoms with van der Waals surface area (Å²) < 4.78 is 16.7. The number of nitrogens with zero attached hydrogens (tertiary/aromatic N) is 2. The maximum Gasteiger partial charge on any atom is 0.332 e. The lowest BCUT2D eigenvalue weighted by atomic mass is 9.89. The van der Waals surface area contributed by atoms with Crippen LogP contribution in [0.3, 0.4) is 0 Å². The number of hydrogen-bond acceptors (Lipinski definition) is 5. The second kappa shape index (κ2) is 7.78. The summed E-state index contributed by atoms with van der Waals surface area (Å²) in [6, 6.07) is 19.5. The van der Waals surface area contributed by atoms with Crippen molar-refractivity contribution < 1.29 is 23.8 Å². The van der Waals surface area contributed by atoms with Crippen LogP contribution in [0, 0.1) is 0 Å². The predicted molar refractivity (Wildman–Crippen MR) is 133 cm³/mol. The first-order chi connectivity index (χ1) is 17.6. The van der Waals surface area contributed by atoms with Crippen LogP contribution in [0.1, 0.15) is 22.9 Å². The lowest BCUT2D eigenvalue weighted by Crippen LogP contribution is -2.44. The molecule has 180 valence electrons. The highest BCUT2D eigenvalue weighted by atomic mass is 16.6. The van der Waals surface area contributed by atoms with Crippen LogP contribution in [0.15, 0.2) is 66.7 Å². The summed E-state index contributed by atoms with van der Waals surface area (Å²) in [6.45, 7) is 0.896. The highest BCUT2D eigenvalue weighted by Gasteiger charge is 2.53. The predicted octanol–water partition coefficient (Wildman–Crippen LogP) is 4.43. The number of rotatable bonds is 3. The number of urea groups is 1. The zero-order chi connectivity index (χ0) is 24.4. The van der Waals surface area contributed by atoms with Crippen molar-refractivity contribution in [2.45, 2.75) is 18.5 Å². The number of benzene rings is 3. The van der Waals surface area contributed by atoms with Crippen molar-refractivity contribution >= 4 is 28.5 Å². The Morgan fingerprint density at radius 3 is 2.53 bits per heavy atom. The fraction of sp³-hybridized carbons (Fsp3) is 0.214. The third-order valence-electron chi connectivity index (χ3n) is 7.26. The molecule has 1 N–H and O–H groups in total. The number of anilines is 1. The van der Waals surface area contributed by atoms with Crippen LogP contribution < -0.4 is 19.1 Å². The number of nitrogens with one attached hydrogen (secondary N) is 1. The summed E-state index contributed by atoms with van der Waals surface area (Å²) in [5, 5.41) is 1.07. The van der Waals surface area contributed by atoms with Crippen molar-refractivity contribution in [2.24, 2.45) is 0 Å². The van der Waals surface area contributed by atoms with E-state index in [9.17, 15) is 9.59 Å². The molecule has 8 heteroatoms. The molecule has 0 bridgehead atoms. The number of fused-ring (bicyclic) bond motifs is 5. The van der Waals surface area contributed by atoms with Crippen molar-refractivity contribution in [2.75, 3.05) is 25.2 Å². The van der Waals surface area contributed by atoms with E-state index in [1.165, 1.54) is 4.90 Å². The third-order valence-corrected chi connectivity index (χ3v) is 7.26. The Morgan fingerprint density at radius 2 is 1.72 bits per heavy atom. The van der Waals surface area contributed by atoms with Gasteiger partial charge in [-0.2, -0.15) is 0 Å². The highest BCUT2D eigenvalue weighted by molar-refractivity contribution is 6.22. The topological polar surface area (TPSA) is 84.1 Å². The third kappa shape index (κ3) is 2.94. The number of ether oxygens (including phenoxy) is 3. The quantitative estimate of drug-likeness (QED) is 0.438. The van der Waals surface area contributed by atoms with Gasteiger partial charge in [0.05, 0.1) is 12.8 Å². The SMILES string of the molecule is COc1ccc([C@@H]2c3[nH]c4ccccc4c3C[C@H]3C(=O)N(c4ccc5c(c4)OCCO5)C(=O)N23)cc1. The average Bonchev–Trinajstić information content (AvgIpc) is 3.41. The molecule has 3 aliphatic rings. The number of hydrogen-bond donors (Lipinski definition) is 1. The van der Waals surface area contributed by atoms with Crippen LogP contribution in [-0.4, -0.2) is 48.2 Å². The molecule has 36 heavy (non-hydrogen) atoms. The smallest absolute Gasteiger partial charge is 0.332 e. The maximum absolute atomic E-state index is 14.0. The van der Waals surface area contributed by atoms with Crippen LogP contribution in [0.25, 0.3) is 10.9 Å². The van der Waals surface area contributed by atoms with Gasteiger partial charge in [0.25, 0.3) is 5.91 Å². The molecule has 1 fully saturated rings. The summed E-state index contributed by atoms with van der Waals surface area (Å²) in [6.07, 6.45) is 0.442. The van der Waals surface area contributed by atoms with E-state index < -0.39 is 12.1 Å². The van der Waals surface area contributed by atoms with Gasteiger partial charge in [-0.15, -0.1) is 0 Å². The molecule has 0 unspecified atom stereocenters. The zero-order valence-corrected chi connectivity index (χ0v) is 19.6. The largest absolute Gasteiger partial charge is 0.497 e. The van der Waals surface area contributed by atoms with E-state index in [4.69, 9.17) is 14.2 Å². The van der Waals surface area contributed by atoms with Gasteiger partial charge in [0, 0.05) is 29.1 Å². The van der Waals surface area contributed by atoms with Crippen LogP contribution in [0.5, 0.6) is 17.2 Å². The van der Waals surface area contributed by atoms with Gasteiger partial charge >= 0.3 is 6.03 Å². The normalized spacial score (nSPS) is 20.5. The summed E-state index contributed by atoms with van der Waals surface area (Å²) in [7, 11) is 1.62. The second-order valence-electron chi connectivity index (χ2n) is 9.15. The molecular formula is C28H23N3O5. The molecule has 4 heterocycles. The minimum atomic E-state index is -0.621. The summed E-state index contributed by atoms with van der Waals surface area (Å²) >= 11 is 0. The Hall–Kier alpha value is -4.46. The van der Waals surface area contributed by atoms with E-state index >= 15 is 0 Å². The Balaban J connectivity index is 1.37. The Kier molecular flexibility index (Phi) is 4.51. The number of carbonyl (C=O) groups excluding carboxylic acids is 2. The van der Waals surface area contributed by atoms with E-state index in [0.717, 1.165) is 33.5 Å². The molecule has 1 saturated heterocycles. The van der Waals surface area contributed by atoms with E-state index in [0.29, 0.717) is 36.8 Å². The number of aromatic amines is 1. The number of imide groups is 1. The monoisotopic (exact) mass is 481 g/mol. The molecule has 7 rings (SSSR count). The molecule has 1 aromatic heterocycles. The molecule has 2 atom stereocenters. The number of amides is 3. The summed E-state index contributed by atoms with van der Waals surface area (Å²) in [4.78, 5) is 34.3. The van der Waals surface area contributed by atoms with Gasteiger partial charge in [0.2, 0.25) is 0 Å². The second-order valence-corrected chi connectivity index (χ2v) is 9.15. The molecule has 0 saturated carbocycles. The van der Waals surface area contributed by atoms with Crippen molar-refractivity contribution in [3.8, 4) is 17.2 Å². The molecule has 8 nitrogen and oxygen atoms in total. The first-order valence-electron chi connectivity index (χ1n) is 11.9. The van der Waals surface area contributed by atoms with Crippen molar-refractivity contribution in [1.29, 1.82) is 0 Å². The number of carbonyl (C=O) groups is 2. The average molecular weight is 482 g/mol. The van der Waals surface area contributed by atoms with E-state index in [-0.39, 0.29) is 11.9 Å². The van der Waals surface area contributed by atoms with Crippen LogP contribution in [-0.2, 0) is 11.2 Å². The van der Waals surface area contributed by atoms with Crippen LogP contribution in [0.4, 0.5) is 10.5 Å². The first kappa shape index (κ1) is 20.9. The zero-order valence-electron chi connectivity index (χ0n) is 19.6. The fourth-order valence-corrected chi connectivity index (χ4v) is 5.62. The van der Waals surface area contributed by atoms with Crippen molar-refractivity contribution in [1.82, 2.24) is 9.88 Å². The number of H-pyrrole nitrogens is 1. The van der Waals surface area contributed by atoms with Crippen molar-refractivity contribution in [3.63, 3.8) is 0 Å².